The zero-order valence-corrected chi connectivity index (χ0v) is 6.34. The minimum absolute atomic E-state index is 0.127. The van der Waals surface area contributed by atoms with Gasteiger partial charge >= 0.3 is 6.17 Å². The third-order valence-corrected chi connectivity index (χ3v) is 1.30. The summed E-state index contributed by atoms with van der Waals surface area (Å²) < 4.78 is 0. The van der Waals surface area contributed by atoms with Crippen LogP contribution in [0.3, 0.4) is 0 Å². The molecule has 66 valence electrons. The van der Waals surface area contributed by atoms with E-state index in [1.165, 1.54) is 18.2 Å². The van der Waals surface area contributed by atoms with Crippen LogP contribution in [0.5, 0.6) is 0 Å². The molecule has 0 spiro atoms. The molecule has 0 bridgehead atoms. The van der Waals surface area contributed by atoms with Gasteiger partial charge in [0.1, 0.15) is 15.4 Å². The standard InChI is InChI=1S/C7H4N2O4/c10-8(11)7(9(12)13)6-4-2-1-3-5-6/h1-4H. The van der Waals surface area contributed by atoms with Gasteiger partial charge in [-0.1, -0.05) is 18.2 Å². The minimum Gasteiger partial charge on any atom is -0.258 e. The van der Waals surface area contributed by atoms with Crippen LogP contribution in [-0.2, 0) is 0 Å². The van der Waals surface area contributed by atoms with Gasteiger partial charge in [-0.3, -0.25) is 20.2 Å². The average molecular weight is 180 g/mol. The van der Waals surface area contributed by atoms with Crippen LogP contribution in [0.25, 0.3) is 0 Å². The molecule has 6 heteroatoms. The largest absolute Gasteiger partial charge is 0.626 e. The molecule has 6 nitrogen and oxygen atoms in total. The number of nitro groups is 2. The van der Waals surface area contributed by atoms with E-state index in [4.69, 9.17) is 0 Å². The zero-order chi connectivity index (χ0) is 9.84. The maximum Gasteiger partial charge on any atom is 0.626 e. The van der Waals surface area contributed by atoms with Crippen molar-refractivity contribution in [2.75, 3.05) is 0 Å². The first-order valence-electron chi connectivity index (χ1n) is 3.25. The second kappa shape index (κ2) is 3.61. The summed E-state index contributed by atoms with van der Waals surface area (Å²) in [7, 11) is 0. The molecule has 0 aliphatic heterocycles. The Kier molecular flexibility index (Phi) is 2.53. The maximum absolute atomic E-state index is 10.2. The van der Waals surface area contributed by atoms with E-state index in [0.29, 0.717) is 0 Å². The van der Waals surface area contributed by atoms with E-state index in [-0.39, 0.29) is 5.56 Å². The smallest absolute Gasteiger partial charge is 0.258 e. The summed E-state index contributed by atoms with van der Waals surface area (Å²) in [6.45, 7) is 0. The van der Waals surface area contributed by atoms with Crippen molar-refractivity contribution < 1.29 is 9.85 Å². The molecule has 0 saturated carbocycles. The molecular weight excluding hydrogens is 176 g/mol. The summed E-state index contributed by atoms with van der Waals surface area (Å²) in [4.78, 5) is 18.4. The topological polar surface area (TPSA) is 86.3 Å². The van der Waals surface area contributed by atoms with Crippen LogP contribution in [0.1, 0.15) is 5.56 Å². The highest BCUT2D eigenvalue weighted by molar-refractivity contribution is 5.21. The van der Waals surface area contributed by atoms with Gasteiger partial charge in [-0.05, 0) is 6.07 Å². The molecule has 0 amide bonds. The summed E-state index contributed by atoms with van der Waals surface area (Å²) in [5, 5.41) is 20.5. The number of hydrogen-bond donors (Lipinski definition) is 0. The molecule has 1 rings (SSSR count). The molecule has 0 atom stereocenters. The normalized spacial score (nSPS) is 9.92. The Hall–Kier alpha value is -1.98. The minimum atomic E-state index is -1.05. The quantitative estimate of drug-likeness (QED) is 0.510. The predicted molar refractivity (Wildman–Crippen MR) is 41.6 cm³/mol. The summed E-state index contributed by atoms with van der Waals surface area (Å²) in [6, 6.07) is 8.09. The molecule has 0 aromatic heterocycles. The number of hydrogen-bond acceptors (Lipinski definition) is 4. The second-order valence-corrected chi connectivity index (χ2v) is 2.11. The Morgan fingerprint density at radius 1 is 1.23 bits per heavy atom. The lowest BCUT2D eigenvalue weighted by Crippen LogP contribution is -2.20. The maximum atomic E-state index is 10.2. The summed E-state index contributed by atoms with van der Waals surface area (Å²) in [5.41, 5.74) is -0.127. The van der Waals surface area contributed by atoms with Gasteiger partial charge in [0.25, 0.3) is 0 Å². The van der Waals surface area contributed by atoms with Crippen LogP contribution in [-0.4, -0.2) is 9.85 Å². The van der Waals surface area contributed by atoms with E-state index in [1.54, 1.807) is 6.07 Å². The van der Waals surface area contributed by atoms with Gasteiger partial charge in [-0.2, -0.15) is 0 Å². The molecular formula is C7H4N2O4. The molecule has 0 saturated heterocycles. The lowest BCUT2D eigenvalue weighted by atomic mass is 10.2. The van der Waals surface area contributed by atoms with E-state index in [9.17, 15) is 20.2 Å². The molecule has 0 unspecified atom stereocenters. The van der Waals surface area contributed by atoms with Crippen molar-refractivity contribution in [1.82, 2.24) is 0 Å². The first kappa shape index (κ1) is 9.11. The zero-order valence-electron chi connectivity index (χ0n) is 6.34. The fourth-order valence-electron chi connectivity index (χ4n) is 0.796. The van der Waals surface area contributed by atoms with Crippen LogP contribution < -0.4 is 0 Å². The van der Waals surface area contributed by atoms with Crippen LogP contribution in [0.2, 0.25) is 0 Å². The number of rotatable bonds is 3. The highest BCUT2D eigenvalue weighted by Gasteiger charge is 2.41. The summed E-state index contributed by atoms with van der Waals surface area (Å²) >= 11 is 0. The Morgan fingerprint density at radius 3 is 2.23 bits per heavy atom. The van der Waals surface area contributed by atoms with E-state index < -0.39 is 16.0 Å². The predicted octanol–water partition coefficient (Wildman–Crippen LogP) is 0.878. The third kappa shape index (κ3) is 1.98. The van der Waals surface area contributed by atoms with Gasteiger partial charge in [0.2, 0.25) is 0 Å². The number of nitrogens with zero attached hydrogens (tertiary/aromatic N) is 2. The fourth-order valence-corrected chi connectivity index (χ4v) is 0.796. The monoisotopic (exact) mass is 180 g/mol. The van der Waals surface area contributed by atoms with Crippen molar-refractivity contribution in [1.29, 1.82) is 0 Å². The van der Waals surface area contributed by atoms with Crippen LogP contribution in [0.4, 0.5) is 0 Å². The SMILES string of the molecule is O=[N+]([O-])[C](c1[c]cccc1)[N+](=O)[O-]. The fraction of sp³-hybridized carbons (Fsp3) is 0. The van der Waals surface area contributed by atoms with Gasteiger partial charge in [0.15, 0.2) is 0 Å². The van der Waals surface area contributed by atoms with Crippen LogP contribution in [0.15, 0.2) is 24.3 Å². The Morgan fingerprint density at radius 2 is 1.85 bits per heavy atom. The van der Waals surface area contributed by atoms with Crippen molar-refractivity contribution in [3.8, 4) is 0 Å². The number of benzene rings is 1. The van der Waals surface area contributed by atoms with E-state index >= 15 is 0 Å². The summed E-state index contributed by atoms with van der Waals surface area (Å²) in [5.74, 6) is 0. The lowest BCUT2D eigenvalue weighted by Gasteiger charge is -1.95. The van der Waals surface area contributed by atoms with Gasteiger partial charge in [0.05, 0.1) is 0 Å². The third-order valence-electron chi connectivity index (χ3n) is 1.30. The van der Waals surface area contributed by atoms with Crippen molar-refractivity contribution in [3.05, 3.63) is 62.3 Å². The van der Waals surface area contributed by atoms with E-state index in [0.717, 1.165) is 0 Å². The summed E-state index contributed by atoms with van der Waals surface area (Å²) in [6.07, 6.45) is -1.05. The molecule has 0 N–H and O–H groups in total. The molecule has 2 radical (unpaired) electrons. The Bertz CT molecular complexity index is 311. The van der Waals surface area contributed by atoms with Gasteiger partial charge in [-0.15, -0.1) is 0 Å². The highest BCUT2D eigenvalue weighted by atomic mass is 16.7. The first-order valence-corrected chi connectivity index (χ1v) is 3.25. The van der Waals surface area contributed by atoms with Gasteiger partial charge in [-0.25, -0.2) is 0 Å². The lowest BCUT2D eigenvalue weighted by molar-refractivity contribution is -0.660. The van der Waals surface area contributed by atoms with Crippen LogP contribution >= 0.6 is 0 Å². The average Bonchev–Trinajstić information content (AvgIpc) is 2.04. The first-order chi connectivity index (χ1) is 6.13. The molecule has 0 aliphatic carbocycles. The Labute approximate surface area is 73.1 Å². The highest BCUT2D eigenvalue weighted by Crippen LogP contribution is 2.14. The molecule has 1 aromatic rings. The Balaban J connectivity index is 3.03. The van der Waals surface area contributed by atoms with E-state index in [2.05, 4.69) is 6.07 Å². The van der Waals surface area contributed by atoms with Crippen molar-refractivity contribution >= 4 is 0 Å². The second-order valence-electron chi connectivity index (χ2n) is 2.11. The van der Waals surface area contributed by atoms with Crippen molar-refractivity contribution in [2.24, 2.45) is 0 Å². The van der Waals surface area contributed by atoms with Gasteiger partial charge in [0, 0.05) is 6.07 Å². The van der Waals surface area contributed by atoms with Crippen molar-refractivity contribution in [2.45, 2.75) is 0 Å². The van der Waals surface area contributed by atoms with Gasteiger partial charge < -0.3 is 0 Å². The van der Waals surface area contributed by atoms with E-state index in [1.807, 2.05) is 0 Å². The molecule has 0 heterocycles. The molecule has 0 fully saturated rings. The molecule has 13 heavy (non-hydrogen) atoms. The molecule has 1 aromatic carbocycles. The van der Waals surface area contributed by atoms with Crippen LogP contribution in [0, 0.1) is 32.5 Å². The van der Waals surface area contributed by atoms with Crippen molar-refractivity contribution in [3.63, 3.8) is 0 Å². The molecule has 0 aliphatic rings.